The van der Waals surface area contributed by atoms with Gasteiger partial charge in [-0.05, 0) is 66.6 Å². The van der Waals surface area contributed by atoms with E-state index >= 15 is 0 Å². The van der Waals surface area contributed by atoms with Crippen molar-refractivity contribution in [2.75, 3.05) is 13.7 Å². The SMILES string of the molecule is COc1ccc([C@H](C)NC(=O)CN(Cc2ccc(Cl)c(Cl)c2)S(=O)(=O)c2ccc(Cl)cc2)cc1. The first-order chi connectivity index (χ1) is 16.1. The molecule has 1 atom stereocenters. The van der Waals surface area contributed by atoms with Crippen molar-refractivity contribution in [3.05, 3.63) is 92.9 Å². The highest BCUT2D eigenvalue weighted by molar-refractivity contribution is 7.89. The molecule has 0 spiro atoms. The lowest BCUT2D eigenvalue weighted by molar-refractivity contribution is -0.122. The lowest BCUT2D eigenvalue weighted by Gasteiger charge is -2.23. The van der Waals surface area contributed by atoms with Gasteiger partial charge in [0.2, 0.25) is 15.9 Å². The van der Waals surface area contributed by atoms with Crippen molar-refractivity contribution >= 4 is 50.7 Å². The Morgan fingerprint density at radius 1 is 0.971 bits per heavy atom. The third-order valence-corrected chi connectivity index (χ3v) is 7.90. The number of ether oxygens (including phenoxy) is 1. The second kappa shape index (κ2) is 11.4. The summed E-state index contributed by atoms with van der Waals surface area (Å²) in [6, 6.07) is 17.5. The van der Waals surface area contributed by atoms with Crippen molar-refractivity contribution in [1.29, 1.82) is 0 Å². The number of nitrogens with one attached hydrogen (secondary N) is 1. The molecular formula is C24H23Cl3N2O4S. The number of hydrogen-bond donors (Lipinski definition) is 1. The first-order valence-corrected chi connectivity index (χ1v) is 12.8. The second-order valence-corrected chi connectivity index (χ2v) is 10.7. The first kappa shape index (κ1) is 26.3. The molecule has 0 bridgehead atoms. The summed E-state index contributed by atoms with van der Waals surface area (Å²) < 4.78 is 33.0. The van der Waals surface area contributed by atoms with Gasteiger partial charge in [0.15, 0.2) is 0 Å². The molecule has 1 N–H and O–H groups in total. The minimum Gasteiger partial charge on any atom is -0.497 e. The highest BCUT2D eigenvalue weighted by atomic mass is 35.5. The minimum atomic E-state index is -4.02. The maximum absolute atomic E-state index is 13.4. The van der Waals surface area contributed by atoms with Crippen LogP contribution in [0.4, 0.5) is 0 Å². The van der Waals surface area contributed by atoms with Crippen LogP contribution in [-0.2, 0) is 21.4 Å². The number of nitrogens with zero attached hydrogens (tertiary/aromatic N) is 1. The fourth-order valence-corrected chi connectivity index (χ4v) is 5.08. The van der Waals surface area contributed by atoms with Gasteiger partial charge >= 0.3 is 0 Å². The zero-order chi connectivity index (χ0) is 24.9. The van der Waals surface area contributed by atoms with Crippen LogP contribution in [0.5, 0.6) is 5.75 Å². The van der Waals surface area contributed by atoms with Gasteiger partial charge in [-0.3, -0.25) is 4.79 Å². The number of sulfonamides is 1. The minimum absolute atomic E-state index is 0.0213. The highest BCUT2D eigenvalue weighted by Gasteiger charge is 2.27. The Balaban J connectivity index is 1.83. The van der Waals surface area contributed by atoms with Crippen molar-refractivity contribution in [1.82, 2.24) is 9.62 Å². The molecule has 0 aromatic heterocycles. The average Bonchev–Trinajstić information content (AvgIpc) is 2.81. The number of methoxy groups -OCH3 is 1. The van der Waals surface area contributed by atoms with Crippen molar-refractivity contribution < 1.29 is 17.9 Å². The summed E-state index contributed by atoms with van der Waals surface area (Å²) in [6.45, 7) is 1.34. The Kier molecular flexibility index (Phi) is 8.84. The molecule has 3 rings (SSSR count). The second-order valence-electron chi connectivity index (χ2n) is 7.54. The monoisotopic (exact) mass is 540 g/mol. The van der Waals surface area contributed by atoms with E-state index in [9.17, 15) is 13.2 Å². The maximum Gasteiger partial charge on any atom is 0.243 e. The normalized spacial score (nSPS) is 12.4. The van der Waals surface area contributed by atoms with Crippen molar-refractivity contribution in [2.24, 2.45) is 0 Å². The number of halogens is 3. The van der Waals surface area contributed by atoms with Crippen LogP contribution < -0.4 is 10.1 Å². The van der Waals surface area contributed by atoms with E-state index in [0.717, 1.165) is 9.87 Å². The zero-order valence-electron chi connectivity index (χ0n) is 18.5. The zero-order valence-corrected chi connectivity index (χ0v) is 21.5. The maximum atomic E-state index is 13.4. The molecule has 1 amide bonds. The van der Waals surface area contributed by atoms with Crippen molar-refractivity contribution in [3.63, 3.8) is 0 Å². The van der Waals surface area contributed by atoms with Crippen LogP contribution in [0.15, 0.2) is 71.6 Å². The Morgan fingerprint density at radius 3 is 2.21 bits per heavy atom. The molecule has 0 aliphatic carbocycles. The number of rotatable bonds is 9. The van der Waals surface area contributed by atoms with Gasteiger partial charge in [0.1, 0.15) is 5.75 Å². The predicted octanol–water partition coefficient (Wildman–Crippen LogP) is 5.72. The van der Waals surface area contributed by atoms with Gasteiger partial charge in [0.05, 0.1) is 34.6 Å². The lowest BCUT2D eigenvalue weighted by atomic mass is 10.1. The van der Waals surface area contributed by atoms with Crippen LogP contribution in [0.3, 0.4) is 0 Å². The standard InChI is InChI=1S/C24H23Cl3N2O4S/c1-16(18-4-8-20(33-2)9-5-18)28-24(30)15-29(14-17-3-12-22(26)23(27)13-17)34(31,32)21-10-6-19(25)7-11-21/h3-13,16H,14-15H2,1-2H3,(H,28,30)/t16-/m0/s1. The topological polar surface area (TPSA) is 75.7 Å². The Bertz CT molecular complexity index is 1250. The van der Waals surface area contributed by atoms with E-state index in [2.05, 4.69) is 5.32 Å². The van der Waals surface area contributed by atoms with Crippen LogP contribution in [0.2, 0.25) is 15.1 Å². The van der Waals surface area contributed by atoms with E-state index in [-0.39, 0.29) is 17.5 Å². The van der Waals surface area contributed by atoms with E-state index in [0.29, 0.717) is 26.4 Å². The number of amides is 1. The number of hydrogen-bond acceptors (Lipinski definition) is 4. The fourth-order valence-electron chi connectivity index (χ4n) is 3.25. The van der Waals surface area contributed by atoms with Gasteiger partial charge in [0.25, 0.3) is 0 Å². The van der Waals surface area contributed by atoms with E-state index in [4.69, 9.17) is 39.5 Å². The van der Waals surface area contributed by atoms with Gasteiger partial charge in [-0.15, -0.1) is 0 Å². The average molecular weight is 542 g/mol. The summed E-state index contributed by atoms with van der Waals surface area (Å²) in [6.07, 6.45) is 0. The largest absolute Gasteiger partial charge is 0.497 e. The Labute approximate surface area is 214 Å². The molecule has 0 unspecified atom stereocenters. The van der Waals surface area contributed by atoms with E-state index in [1.165, 1.54) is 24.3 Å². The van der Waals surface area contributed by atoms with E-state index < -0.39 is 22.5 Å². The molecule has 0 aliphatic heterocycles. The van der Waals surface area contributed by atoms with Crippen LogP contribution in [-0.4, -0.2) is 32.3 Å². The smallest absolute Gasteiger partial charge is 0.243 e. The molecule has 3 aromatic rings. The fraction of sp³-hybridized carbons (Fsp3) is 0.208. The molecule has 0 aliphatic rings. The molecule has 0 fully saturated rings. The lowest BCUT2D eigenvalue weighted by Crippen LogP contribution is -2.41. The highest BCUT2D eigenvalue weighted by Crippen LogP contribution is 2.26. The third-order valence-electron chi connectivity index (χ3n) is 5.11. The summed E-state index contributed by atoms with van der Waals surface area (Å²) in [4.78, 5) is 12.9. The number of carbonyl (C=O) groups is 1. The predicted molar refractivity (Wildman–Crippen MR) is 135 cm³/mol. The summed E-state index contributed by atoms with van der Waals surface area (Å²) in [5, 5.41) is 3.90. The molecule has 3 aromatic carbocycles. The molecule has 0 saturated carbocycles. The third kappa shape index (κ3) is 6.64. The molecule has 180 valence electrons. The summed E-state index contributed by atoms with van der Waals surface area (Å²) in [5.41, 5.74) is 1.44. The van der Waals surface area contributed by atoms with Crippen LogP contribution in [0.1, 0.15) is 24.1 Å². The van der Waals surface area contributed by atoms with Gasteiger partial charge < -0.3 is 10.1 Å². The van der Waals surface area contributed by atoms with Crippen LogP contribution in [0.25, 0.3) is 0 Å². The quantitative estimate of drug-likeness (QED) is 0.376. The number of benzene rings is 3. The molecule has 0 saturated heterocycles. The summed E-state index contributed by atoms with van der Waals surface area (Å²) >= 11 is 18.0. The van der Waals surface area contributed by atoms with Crippen molar-refractivity contribution in [3.8, 4) is 5.75 Å². The molecule has 0 heterocycles. The Morgan fingerprint density at radius 2 is 1.62 bits per heavy atom. The molecule has 34 heavy (non-hydrogen) atoms. The molecular weight excluding hydrogens is 519 g/mol. The molecule has 6 nitrogen and oxygen atoms in total. The van der Waals surface area contributed by atoms with Crippen LogP contribution in [0, 0.1) is 0 Å². The van der Waals surface area contributed by atoms with Gasteiger partial charge in [-0.1, -0.05) is 53.0 Å². The summed E-state index contributed by atoms with van der Waals surface area (Å²) in [7, 11) is -2.45. The van der Waals surface area contributed by atoms with E-state index in [1.807, 2.05) is 19.1 Å². The van der Waals surface area contributed by atoms with Gasteiger partial charge in [-0.2, -0.15) is 4.31 Å². The summed E-state index contributed by atoms with van der Waals surface area (Å²) in [5.74, 6) is 0.241. The van der Waals surface area contributed by atoms with Gasteiger partial charge in [0, 0.05) is 11.6 Å². The number of carbonyl (C=O) groups excluding carboxylic acids is 1. The van der Waals surface area contributed by atoms with Gasteiger partial charge in [-0.25, -0.2) is 8.42 Å². The van der Waals surface area contributed by atoms with Crippen molar-refractivity contribution in [2.45, 2.75) is 24.4 Å². The molecule has 0 radical (unpaired) electrons. The van der Waals surface area contributed by atoms with E-state index in [1.54, 1.807) is 37.4 Å². The molecule has 10 heteroatoms. The van der Waals surface area contributed by atoms with Crippen LogP contribution >= 0.6 is 34.8 Å². The first-order valence-electron chi connectivity index (χ1n) is 10.2. The Hall–Kier alpha value is -2.29.